The molecule has 1 aromatic heterocycles. The molecule has 4 heteroatoms. The summed E-state index contributed by atoms with van der Waals surface area (Å²) < 4.78 is 5.30. The van der Waals surface area contributed by atoms with Crippen LogP contribution in [-0.2, 0) is 0 Å². The maximum absolute atomic E-state index is 11.9. The van der Waals surface area contributed by atoms with Gasteiger partial charge in [0, 0.05) is 6.54 Å². The molecule has 0 aromatic carbocycles. The topological polar surface area (TPSA) is 62.5 Å². The predicted octanol–water partition coefficient (Wildman–Crippen LogP) is 1.79. The van der Waals surface area contributed by atoms with E-state index >= 15 is 0 Å². The zero-order valence-corrected chi connectivity index (χ0v) is 10.5. The van der Waals surface area contributed by atoms with Gasteiger partial charge in [0.15, 0.2) is 0 Å². The number of amides is 1. The molecule has 0 spiro atoms. The van der Waals surface area contributed by atoms with Gasteiger partial charge in [-0.3, -0.25) is 4.79 Å². The first-order valence-electron chi connectivity index (χ1n) is 5.98. The summed E-state index contributed by atoms with van der Waals surface area (Å²) in [6.07, 6.45) is 2.10. The van der Waals surface area contributed by atoms with E-state index in [9.17, 15) is 9.90 Å². The van der Waals surface area contributed by atoms with E-state index in [0.717, 1.165) is 18.6 Å². The fourth-order valence-electron chi connectivity index (χ4n) is 2.06. The molecular weight excluding hydrogens is 218 g/mol. The van der Waals surface area contributed by atoms with Gasteiger partial charge in [0.1, 0.15) is 11.5 Å². The van der Waals surface area contributed by atoms with Crippen LogP contribution in [0.2, 0.25) is 0 Å². The van der Waals surface area contributed by atoms with Crippen molar-refractivity contribution in [1.29, 1.82) is 0 Å². The Kier molecular flexibility index (Phi) is 3.00. The molecular formula is C13H19NO3. The van der Waals surface area contributed by atoms with Gasteiger partial charge in [0.2, 0.25) is 0 Å². The van der Waals surface area contributed by atoms with Crippen molar-refractivity contribution in [3.05, 3.63) is 23.2 Å². The van der Waals surface area contributed by atoms with E-state index in [4.69, 9.17) is 4.42 Å². The summed E-state index contributed by atoms with van der Waals surface area (Å²) in [6.45, 7) is 5.64. The van der Waals surface area contributed by atoms with Crippen LogP contribution in [0.1, 0.15) is 41.6 Å². The van der Waals surface area contributed by atoms with Crippen LogP contribution in [0.3, 0.4) is 0 Å². The largest absolute Gasteiger partial charge is 0.466 e. The second-order valence-corrected chi connectivity index (χ2v) is 5.14. The molecule has 0 aliphatic heterocycles. The van der Waals surface area contributed by atoms with Crippen LogP contribution in [0.25, 0.3) is 0 Å². The molecule has 1 heterocycles. The third-order valence-corrected chi connectivity index (χ3v) is 3.35. The Hall–Kier alpha value is -1.29. The van der Waals surface area contributed by atoms with Gasteiger partial charge in [-0.1, -0.05) is 0 Å². The number of hydrogen-bond donors (Lipinski definition) is 2. The Labute approximate surface area is 101 Å². The number of rotatable bonds is 4. The number of aryl methyl sites for hydroxylation is 2. The first kappa shape index (κ1) is 12.2. The molecule has 0 saturated heterocycles. The molecule has 1 saturated carbocycles. The summed E-state index contributed by atoms with van der Waals surface area (Å²) in [6, 6.07) is 1.72. The average molecular weight is 237 g/mol. The van der Waals surface area contributed by atoms with E-state index in [1.807, 2.05) is 6.92 Å². The van der Waals surface area contributed by atoms with Gasteiger partial charge in [-0.2, -0.15) is 0 Å². The molecule has 1 aliphatic rings. The van der Waals surface area contributed by atoms with Crippen LogP contribution in [-0.4, -0.2) is 23.2 Å². The Morgan fingerprint density at radius 3 is 2.71 bits per heavy atom. The van der Waals surface area contributed by atoms with Crippen molar-refractivity contribution >= 4 is 5.91 Å². The van der Waals surface area contributed by atoms with Crippen molar-refractivity contribution in [1.82, 2.24) is 5.32 Å². The second-order valence-electron chi connectivity index (χ2n) is 5.14. The van der Waals surface area contributed by atoms with Crippen LogP contribution < -0.4 is 5.32 Å². The van der Waals surface area contributed by atoms with Crippen molar-refractivity contribution in [2.75, 3.05) is 6.54 Å². The van der Waals surface area contributed by atoms with Gasteiger partial charge < -0.3 is 14.8 Å². The first-order chi connectivity index (χ1) is 7.90. The number of carbonyl (C=O) groups is 1. The number of aliphatic hydroxyl groups is 1. The van der Waals surface area contributed by atoms with E-state index in [-0.39, 0.29) is 5.91 Å². The van der Waals surface area contributed by atoms with Crippen molar-refractivity contribution in [2.45, 2.75) is 39.2 Å². The van der Waals surface area contributed by atoms with E-state index < -0.39 is 5.60 Å². The summed E-state index contributed by atoms with van der Waals surface area (Å²) in [5.74, 6) is 1.49. The highest BCUT2D eigenvalue weighted by Gasteiger charge is 2.40. The summed E-state index contributed by atoms with van der Waals surface area (Å²) in [5, 5.41) is 12.9. The highest BCUT2D eigenvalue weighted by molar-refractivity contribution is 5.95. The molecule has 2 N–H and O–H groups in total. The summed E-state index contributed by atoms with van der Waals surface area (Å²) >= 11 is 0. The van der Waals surface area contributed by atoms with Gasteiger partial charge >= 0.3 is 0 Å². The van der Waals surface area contributed by atoms with Gasteiger partial charge in [0.25, 0.3) is 5.91 Å². The molecule has 1 fully saturated rings. The lowest BCUT2D eigenvalue weighted by molar-refractivity contribution is 0.0354. The second kappa shape index (κ2) is 4.18. The molecule has 17 heavy (non-hydrogen) atoms. The smallest absolute Gasteiger partial charge is 0.254 e. The SMILES string of the molecule is Cc1cc(C(=O)NC[C@](C)(O)C2CC2)c(C)o1. The van der Waals surface area contributed by atoms with E-state index in [1.54, 1.807) is 19.9 Å². The quantitative estimate of drug-likeness (QED) is 0.839. The molecule has 2 rings (SSSR count). The third kappa shape index (κ3) is 2.69. The molecule has 1 amide bonds. The summed E-state index contributed by atoms with van der Waals surface area (Å²) in [5.41, 5.74) is -0.239. The Bertz CT molecular complexity index is 430. The molecule has 94 valence electrons. The zero-order chi connectivity index (χ0) is 12.6. The average Bonchev–Trinajstić information content (AvgIpc) is 3.02. The van der Waals surface area contributed by atoms with Gasteiger partial charge in [0.05, 0.1) is 11.2 Å². The lowest BCUT2D eigenvalue weighted by Crippen LogP contribution is -2.42. The molecule has 0 bridgehead atoms. The van der Waals surface area contributed by atoms with Crippen LogP contribution in [0.4, 0.5) is 0 Å². The maximum atomic E-state index is 11.9. The first-order valence-corrected chi connectivity index (χ1v) is 5.98. The normalized spacial score (nSPS) is 18.8. The van der Waals surface area contributed by atoms with Gasteiger partial charge in [-0.15, -0.1) is 0 Å². The van der Waals surface area contributed by atoms with Gasteiger partial charge in [-0.05, 0) is 45.6 Å². The van der Waals surface area contributed by atoms with E-state index in [1.165, 1.54) is 0 Å². The van der Waals surface area contributed by atoms with Crippen molar-refractivity contribution in [3.63, 3.8) is 0 Å². The number of carbonyl (C=O) groups excluding carboxylic acids is 1. The maximum Gasteiger partial charge on any atom is 0.254 e. The molecule has 1 aromatic rings. The van der Waals surface area contributed by atoms with Crippen LogP contribution in [0.15, 0.2) is 10.5 Å². The third-order valence-electron chi connectivity index (χ3n) is 3.35. The number of furan rings is 1. The Morgan fingerprint density at radius 1 is 1.59 bits per heavy atom. The standard InChI is InChI=1S/C13H19NO3/c1-8-6-11(9(2)17-8)12(15)14-7-13(3,16)10-4-5-10/h6,10,16H,4-5,7H2,1-3H3,(H,14,15)/t13-/m0/s1. The monoisotopic (exact) mass is 237 g/mol. The molecule has 4 nitrogen and oxygen atoms in total. The predicted molar refractivity (Wildman–Crippen MR) is 63.9 cm³/mol. The van der Waals surface area contributed by atoms with E-state index in [0.29, 0.717) is 23.8 Å². The van der Waals surface area contributed by atoms with Crippen LogP contribution in [0, 0.1) is 19.8 Å². The van der Waals surface area contributed by atoms with Crippen molar-refractivity contribution in [2.24, 2.45) is 5.92 Å². The van der Waals surface area contributed by atoms with E-state index in [2.05, 4.69) is 5.32 Å². The fourth-order valence-corrected chi connectivity index (χ4v) is 2.06. The highest BCUT2D eigenvalue weighted by atomic mass is 16.3. The molecule has 1 aliphatic carbocycles. The molecule has 0 radical (unpaired) electrons. The summed E-state index contributed by atoms with van der Waals surface area (Å²) in [7, 11) is 0. The lowest BCUT2D eigenvalue weighted by atomic mass is 10.0. The minimum atomic E-state index is -0.789. The van der Waals surface area contributed by atoms with Crippen LogP contribution in [0.5, 0.6) is 0 Å². The fraction of sp³-hybridized carbons (Fsp3) is 0.615. The zero-order valence-electron chi connectivity index (χ0n) is 10.5. The highest BCUT2D eigenvalue weighted by Crippen LogP contribution is 2.39. The Morgan fingerprint density at radius 2 is 2.24 bits per heavy atom. The Balaban J connectivity index is 1.95. The number of hydrogen-bond acceptors (Lipinski definition) is 3. The minimum Gasteiger partial charge on any atom is -0.466 e. The van der Waals surface area contributed by atoms with Crippen molar-refractivity contribution in [3.8, 4) is 0 Å². The lowest BCUT2D eigenvalue weighted by Gasteiger charge is -2.23. The summed E-state index contributed by atoms with van der Waals surface area (Å²) in [4.78, 5) is 11.9. The minimum absolute atomic E-state index is 0.180. The number of nitrogens with one attached hydrogen (secondary N) is 1. The van der Waals surface area contributed by atoms with Crippen molar-refractivity contribution < 1.29 is 14.3 Å². The van der Waals surface area contributed by atoms with Crippen LogP contribution >= 0.6 is 0 Å². The molecule has 0 unspecified atom stereocenters. The van der Waals surface area contributed by atoms with Gasteiger partial charge in [-0.25, -0.2) is 0 Å². The molecule has 1 atom stereocenters.